The summed E-state index contributed by atoms with van der Waals surface area (Å²) >= 11 is 5.87. The highest BCUT2D eigenvalue weighted by atomic mass is 35.5. The van der Waals surface area contributed by atoms with Gasteiger partial charge in [0, 0.05) is 10.7 Å². The lowest BCUT2D eigenvalue weighted by Crippen LogP contribution is -2.43. The summed E-state index contributed by atoms with van der Waals surface area (Å²) in [6, 6.07) is 17.4. The zero-order valence-corrected chi connectivity index (χ0v) is 18.8. The van der Waals surface area contributed by atoms with E-state index in [4.69, 9.17) is 16.3 Å². The van der Waals surface area contributed by atoms with Gasteiger partial charge in [-0.3, -0.25) is 4.79 Å². The number of ether oxygens (including phenoxy) is 1. The first-order valence-corrected chi connectivity index (χ1v) is 11.7. The average molecular weight is 477 g/mol. The lowest BCUT2D eigenvalue weighted by atomic mass is 10.2. The standard InChI is InChI=1S/C23H22ClFN2O4S/c1-2-22(27-32(29,30)21-13-7-18(25)8-14-21)23(28)26-19-9-11-20(12-10-19)31-15-16-3-5-17(24)6-4-16/h3-14,22,27H,2,15H2,1H3,(H,26,28). The van der Waals surface area contributed by atoms with E-state index in [9.17, 15) is 17.6 Å². The topological polar surface area (TPSA) is 84.5 Å². The Balaban J connectivity index is 1.58. The summed E-state index contributed by atoms with van der Waals surface area (Å²) in [5.74, 6) is -0.440. The maximum Gasteiger partial charge on any atom is 0.242 e. The van der Waals surface area contributed by atoms with Crippen LogP contribution in [-0.4, -0.2) is 20.4 Å². The van der Waals surface area contributed by atoms with E-state index >= 15 is 0 Å². The molecule has 6 nitrogen and oxygen atoms in total. The van der Waals surface area contributed by atoms with E-state index in [0.29, 0.717) is 23.1 Å². The second-order valence-electron chi connectivity index (χ2n) is 6.96. The van der Waals surface area contributed by atoms with Gasteiger partial charge in [0.05, 0.1) is 4.90 Å². The first kappa shape index (κ1) is 23.7. The summed E-state index contributed by atoms with van der Waals surface area (Å²) in [5, 5.41) is 3.34. The van der Waals surface area contributed by atoms with Crippen LogP contribution in [-0.2, 0) is 21.4 Å². The van der Waals surface area contributed by atoms with Gasteiger partial charge in [-0.25, -0.2) is 12.8 Å². The van der Waals surface area contributed by atoms with Crippen LogP contribution >= 0.6 is 11.6 Å². The number of hydrogen-bond acceptors (Lipinski definition) is 4. The molecule has 0 aliphatic rings. The van der Waals surface area contributed by atoms with Crippen LogP contribution < -0.4 is 14.8 Å². The highest BCUT2D eigenvalue weighted by molar-refractivity contribution is 7.89. The molecule has 3 aromatic carbocycles. The van der Waals surface area contributed by atoms with Gasteiger partial charge < -0.3 is 10.1 Å². The summed E-state index contributed by atoms with van der Waals surface area (Å²) in [6.07, 6.45) is 0.231. The van der Waals surface area contributed by atoms with Gasteiger partial charge >= 0.3 is 0 Å². The Hall–Kier alpha value is -2.94. The van der Waals surface area contributed by atoms with Gasteiger partial charge in [0.15, 0.2) is 0 Å². The van der Waals surface area contributed by atoms with Crippen LogP contribution in [0.3, 0.4) is 0 Å². The normalized spacial score (nSPS) is 12.2. The summed E-state index contributed by atoms with van der Waals surface area (Å²) in [5.41, 5.74) is 1.46. The Labute approximate surface area is 191 Å². The summed E-state index contributed by atoms with van der Waals surface area (Å²) in [6.45, 7) is 2.05. The number of anilines is 1. The Morgan fingerprint density at radius 1 is 1.00 bits per heavy atom. The molecule has 3 aromatic rings. The minimum absolute atomic E-state index is 0.118. The SMILES string of the molecule is CCC(NS(=O)(=O)c1ccc(F)cc1)C(=O)Nc1ccc(OCc2ccc(Cl)cc2)cc1. The van der Waals surface area contributed by atoms with E-state index in [2.05, 4.69) is 10.0 Å². The van der Waals surface area contributed by atoms with Crippen LogP contribution in [0.5, 0.6) is 5.75 Å². The van der Waals surface area contributed by atoms with E-state index in [1.54, 1.807) is 43.3 Å². The first-order chi connectivity index (χ1) is 15.3. The predicted octanol–water partition coefficient (Wildman–Crippen LogP) is 4.75. The van der Waals surface area contributed by atoms with Crippen molar-refractivity contribution in [1.82, 2.24) is 4.72 Å². The van der Waals surface area contributed by atoms with E-state index in [1.165, 1.54) is 0 Å². The van der Waals surface area contributed by atoms with Crippen molar-refractivity contribution in [3.05, 3.63) is 89.2 Å². The van der Waals surface area contributed by atoms with Crippen molar-refractivity contribution >= 4 is 33.2 Å². The Bertz CT molecular complexity index is 1150. The monoisotopic (exact) mass is 476 g/mol. The lowest BCUT2D eigenvalue weighted by Gasteiger charge is -2.17. The maximum absolute atomic E-state index is 13.1. The average Bonchev–Trinajstić information content (AvgIpc) is 2.78. The largest absolute Gasteiger partial charge is 0.489 e. The highest BCUT2D eigenvalue weighted by Gasteiger charge is 2.24. The molecule has 1 unspecified atom stereocenters. The third kappa shape index (κ3) is 6.53. The van der Waals surface area contributed by atoms with Crippen LogP contribution in [0.15, 0.2) is 77.7 Å². The number of carbonyl (C=O) groups excluding carboxylic acids is 1. The van der Waals surface area contributed by atoms with Gasteiger partial charge in [0.25, 0.3) is 0 Å². The van der Waals surface area contributed by atoms with E-state index < -0.39 is 27.8 Å². The molecule has 0 saturated carbocycles. The van der Waals surface area contributed by atoms with Gasteiger partial charge in [-0.1, -0.05) is 30.7 Å². The Kier molecular flexibility index (Phi) is 7.84. The molecule has 3 rings (SSSR count). The van der Waals surface area contributed by atoms with Crippen molar-refractivity contribution in [3.8, 4) is 5.75 Å². The molecular formula is C23H22ClFN2O4S. The third-order valence-electron chi connectivity index (χ3n) is 4.59. The van der Waals surface area contributed by atoms with Crippen molar-refractivity contribution in [3.63, 3.8) is 0 Å². The van der Waals surface area contributed by atoms with Gasteiger partial charge in [0.2, 0.25) is 15.9 Å². The zero-order valence-electron chi connectivity index (χ0n) is 17.2. The fourth-order valence-corrected chi connectivity index (χ4v) is 4.21. The fourth-order valence-electron chi connectivity index (χ4n) is 2.80. The molecule has 0 aliphatic carbocycles. The molecule has 0 radical (unpaired) electrons. The van der Waals surface area contributed by atoms with Crippen LogP contribution in [0, 0.1) is 5.82 Å². The van der Waals surface area contributed by atoms with Crippen LogP contribution in [0.25, 0.3) is 0 Å². The second-order valence-corrected chi connectivity index (χ2v) is 9.12. The molecule has 0 heterocycles. The smallest absolute Gasteiger partial charge is 0.242 e. The number of amides is 1. The molecule has 0 spiro atoms. The minimum atomic E-state index is -3.97. The van der Waals surface area contributed by atoms with E-state index in [1.807, 2.05) is 12.1 Å². The number of halogens is 2. The van der Waals surface area contributed by atoms with Crippen molar-refractivity contribution in [2.45, 2.75) is 30.9 Å². The fraction of sp³-hybridized carbons (Fsp3) is 0.174. The van der Waals surface area contributed by atoms with Crippen LogP contribution in [0.4, 0.5) is 10.1 Å². The van der Waals surface area contributed by atoms with Gasteiger partial charge in [-0.15, -0.1) is 0 Å². The molecule has 0 saturated heterocycles. The molecule has 0 aliphatic heterocycles. The van der Waals surface area contributed by atoms with Crippen molar-refractivity contribution in [1.29, 1.82) is 0 Å². The van der Waals surface area contributed by atoms with Crippen molar-refractivity contribution in [2.24, 2.45) is 0 Å². The number of hydrogen-bond donors (Lipinski definition) is 2. The molecule has 9 heteroatoms. The quantitative estimate of drug-likeness (QED) is 0.466. The third-order valence-corrected chi connectivity index (χ3v) is 6.33. The summed E-state index contributed by atoms with van der Waals surface area (Å²) in [7, 11) is -3.97. The zero-order chi connectivity index (χ0) is 23.1. The molecular weight excluding hydrogens is 455 g/mol. The molecule has 0 fully saturated rings. The lowest BCUT2D eigenvalue weighted by molar-refractivity contribution is -0.117. The molecule has 0 bridgehead atoms. The number of nitrogens with one attached hydrogen (secondary N) is 2. The van der Waals surface area contributed by atoms with E-state index in [-0.39, 0.29) is 11.3 Å². The Morgan fingerprint density at radius 2 is 1.62 bits per heavy atom. The molecule has 32 heavy (non-hydrogen) atoms. The highest BCUT2D eigenvalue weighted by Crippen LogP contribution is 2.19. The first-order valence-electron chi connectivity index (χ1n) is 9.83. The summed E-state index contributed by atoms with van der Waals surface area (Å²) < 4.78 is 46.1. The second kappa shape index (κ2) is 10.6. The minimum Gasteiger partial charge on any atom is -0.489 e. The van der Waals surface area contributed by atoms with Gasteiger partial charge in [-0.05, 0) is 72.6 Å². The van der Waals surface area contributed by atoms with Crippen LogP contribution in [0.1, 0.15) is 18.9 Å². The van der Waals surface area contributed by atoms with Gasteiger partial charge in [0.1, 0.15) is 24.2 Å². The van der Waals surface area contributed by atoms with Gasteiger partial charge in [-0.2, -0.15) is 4.72 Å². The molecule has 2 N–H and O–H groups in total. The van der Waals surface area contributed by atoms with Crippen LogP contribution in [0.2, 0.25) is 5.02 Å². The molecule has 1 atom stereocenters. The van der Waals surface area contributed by atoms with E-state index in [0.717, 1.165) is 29.8 Å². The molecule has 1 amide bonds. The predicted molar refractivity (Wildman–Crippen MR) is 122 cm³/mol. The molecule has 168 valence electrons. The number of benzene rings is 3. The maximum atomic E-state index is 13.1. The number of rotatable bonds is 9. The van der Waals surface area contributed by atoms with Crippen molar-refractivity contribution in [2.75, 3.05) is 5.32 Å². The Morgan fingerprint density at radius 3 is 2.22 bits per heavy atom. The number of sulfonamides is 1. The van der Waals surface area contributed by atoms with Crippen molar-refractivity contribution < 1.29 is 22.3 Å². The number of carbonyl (C=O) groups is 1. The molecule has 0 aromatic heterocycles. The summed E-state index contributed by atoms with van der Waals surface area (Å²) in [4.78, 5) is 12.5.